The van der Waals surface area contributed by atoms with Crippen LogP contribution in [0.15, 0.2) is 53.4 Å². The van der Waals surface area contributed by atoms with E-state index in [0.29, 0.717) is 5.56 Å². The van der Waals surface area contributed by atoms with Crippen molar-refractivity contribution in [1.29, 1.82) is 0 Å². The molecule has 0 radical (unpaired) electrons. The fourth-order valence-corrected chi connectivity index (χ4v) is 3.14. The van der Waals surface area contributed by atoms with E-state index >= 15 is 0 Å². The number of carbonyl (C=O) groups excluding carboxylic acids is 2. The number of hydrogen-bond donors (Lipinski definition) is 1. The van der Waals surface area contributed by atoms with Crippen LogP contribution < -0.4 is 5.32 Å². The van der Waals surface area contributed by atoms with Crippen molar-refractivity contribution < 1.29 is 14.0 Å². The van der Waals surface area contributed by atoms with E-state index < -0.39 is 17.6 Å². The van der Waals surface area contributed by atoms with Crippen LogP contribution in [-0.2, 0) is 9.59 Å². The second kappa shape index (κ2) is 5.09. The van der Waals surface area contributed by atoms with Gasteiger partial charge in [0.05, 0.1) is 5.69 Å². The minimum absolute atomic E-state index is 0.0830. The lowest BCUT2D eigenvalue weighted by Gasteiger charge is -2.11. The lowest BCUT2D eigenvalue weighted by molar-refractivity contribution is -0.123. The SMILES string of the molecule is O=C(Nc1ccccc1F)C1C(=O)Sc2ccccc21. The third kappa shape index (κ3) is 2.20. The Morgan fingerprint density at radius 1 is 1.10 bits per heavy atom. The highest BCUT2D eigenvalue weighted by Gasteiger charge is 2.37. The summed E-state index contributed by atoms with van der Waals surface area (Å²) in [6, 6.07) is 13.0. The standard InChI is InChI=1S/C15H10FNO2S/c16-10-6-2-3-7-11(10)17-14(18)13-9-5-1-4-8-12(9)20-15(13)19/h1-8,13H,(H,17,18). The summed E-state index contributed by atoms with van der Waals surface area (Å²) >= 11 is 1.05. The number of halogens is 1. The fourth-order valence-electron chi connectivity index (χ4n) is 2.12. The van der Waals surface area contributed by atoms with Crippen molar-refractivity contribution in [3.63, 3.8) is 0 Å². The van der Waals surface area contributed by atoms with Gasteiger partial charge < -0.3 is 5.32 Å². The first-order chi connectivity index (χ1) is 9.66. The number of carbonyl (C=O) groups is 2. The second-order valence-electron chi connectivity index (χ2n) is 4.36. The minimum atomic E-state index is -0.879. The maximum Gasteiger partial charge on any atom is 0.240 e. The van der Waals surface area contributed by atoms with Crippen LogP contribution in [0.5, 0.6) is 0 Å². The third-order valence-corrected chi connectivity index (χ3v) is 4.10. The molecule has 0 saturated heterocycles. The number of anilines is 1. The second-order valence-corrected chi connectivity index (χ2v) is 5.41. The van der Waals surface area contributed by atoms with Gasteiger partial charge in [-0.2, -0.15) is 0 Å². The van der Waals surface area contributed by atoms with E-state index in [2.05, 4.69) is 5.32 Å². The van der Waals surface area contributed by atoms with E-state index in [1.807, 2.05) is 6.07 Å². The normalized spacial score (nSPS) is 16.9. The van der Waals surface area contributed by atoms with Crippen LogP contribution >= 0.6 is 11.8 Å². The van der Waals surface area contributed by atoms with Gasteiger partial charge in [-0.05, 0) is 23.8 Å². The van der Waals surface area contributed by atoms with Gasteiger partial charge in [-0.25, -0.2) is 4.39 Å². The molecule has 0 aromatic heterocycles. The van der Waals surface area contributed by atoms with Gasteiger partial charge in [0.15, 0.2) is 0 Å². The van der Waals surface area contributed by atoms with Crippen LogP contribution in [-0.4, -0.2) is 11.0 Å². The molecule has 0 aliphatic carbocycles. The average Bonchev–Trinajstić information content (AvgIpc) is 2.77. The first-order valence-corrected chi connectivity index (χ1v) is 6.84. The first-order valence-electron chi connectivity index (χ1n) is 6.03. The number of rotatable bonds is 2. The van der Waals surface area contributed by atoms with Crippen LogP contribution in [0.25, 0.3) is 0 Å². The summed E-state index contributed by atoms with van der Waals surface area (Å²) in [6.07, 6.45) is 0. The maximum absolute atomic E-state index is 13.5. The predicted octanol–water partition coefficient (Wildman–Crippen LogP) is 3.18. The maximum atomic E-state index is 13.5. The Morgan fingerprint density at radius 2 is 1.80 bits per heavy atom. The molecule has 3 rings (SSSR count). The molecule has 0 fully saturated rings. The molecule has 1 aliphatic heterocycles. The number of nitrogens with one attached hydrogen (secondary N) is 1. The van der Waals surface area contributed by atoms with E-state index in [9.17, 15) is 14.0 Å². The van der Waals surface area contributed by atoms with Gasteiger partial charge >= 0.3 is 0 Å². The van der Waals surface area contributed by atoms with Gasteiger partial charge in [0.25, 0.3) is 0 Å². The monoisotopic (exact) mass is 287 g/mol. The minimum Gasteiger partial charge on any atom is -0.323 e. The first kappa shape index (κ1) is 12.9. The van der Waals surface area contributed by atoms with Gasteiger partial charge in [-0.1, -0.05) is 42.1 Å². The summed E-state index contributed by atoms with van der Waals surface area (Å²) in [5, 5.41) is 2.24. The predicted molar refractivity (Wildman–Crippen MR) is 75.1 cm³/mol. The van der Waals surface area contributed by atoms with Crippen molar-refractivity contribution in [2.24, 2.45) is 0 Å². The quantitative estimate of drug-likeness (QED) is 0.863. The highest BCUT2D eigenvalue weighted by atomic mass is 32.2. The fraction of sp³-hybridized carbons (Fsp3) is 0.0667. The average molecular weight is 287 g/mol. The highest BCUT2D eigenvalue weighted by molar-refractivity contribution is 8.14. The molecule has 2 aromatic rings. The highest BCUT2D eigenvalue weighted by Crippen LogP contribution is 2.41. The Labute approximate surface area is 119 Å². The molecule has 2 aromatic carbocycles. The molecule has 1 heterocycles. The molecule has 5 heteroatoms. The number of hydrogen-bond acceptors (Lipinski definition) is 3. The molecule has 100 valence electrons. The van der Waals surface area contributed by atoms with Gasteiger partial charge in [0, 0.05) is 4.90 Å². The number of benzene rings is 2. The molecule has 1 amide bonds. The van der Waals surface area contributed by atoms with E-state index in [-0.39, 0.29) is 10.8 Å². The Morgan fingerprint density at radius 3 is 2.60 bits per heavy atom. The summed E-state index contributed by atoms with van der Waals surface area (Å²) in [5.74, 6) is -1.90. The van der Waals surface area contributed by atoms with Gasteiger partial charge in [-0.3, -0.25) is 9.59 Å². The molecule has 1 unspecified atom stereocenters. The molecular weight excluding hydrogens is 277 g/mol. The summed E-state index contributed by atoms with van der Waals surface area (Å²) in [5.41, 5.74) is 0.760. The molecule has 1 atom stereocenters. The van der Waals surface area contributed by atoms with Crippen LogP contribution in [0, 0.1) is 5.82 Å². The Kier molecular flexibility index (Phi) is 3.28. The van der Waals surface area contributed by atoms with Crippen molar-refractivity contribution >= 4 is 28.5 Å². The lowest BCUT2D eigenvalue weighted by atomic mass is 10.00. The van der Waals surface area contributed by atoms with Crippen molar-refractivity contribution in [3.05, 3.63) is 59.9 Å². The van der Waals surface area contributed by atoms with Crippen molar-refractivity contribution in [1.82, 2.24) is 0 Å². The molecular formula is C15H10FNO2S. The zero-order valence-electron chi connectivity index (χ0n) is 10.3. The summed E-state index contributed by atoms with van der Waals surface area (Å²) in [4.78, 5) is 25.0. The van der Waals surface area contributed by atoms with E-state index in [4.69, 9.17) is 0 Å². The van der Waals surface area contributed by atoms with Gasteiger partial charge in [0.1, 0.15) is 11.7 Å². The van der Waals surface area contributed by atoms with Gasteiger partial charge in [0.2, 0.25) is 11.0 Å². The molecule has 1 N–H and O–H groups in total. The smallest absolute Gasteiger partial charge is 0.240 e. The van der Waals surface area contributed by atoms with Crippen LogP contribution in [0.4, 0.5) is 10.1 Å². The number of thioether (sulfide) groups is 1. The molecule has 3 nitrogen and oxygen atoms in total. The topological polar surface area (TPSA) is 46.2 Å². The van der Waals surface area contributed by atoms with Crippen molar-refractivity contribution in [2.75, 3.05) is 5.32 Å². The van der Waals surface area contributed by atoms with Crippen LogP contribution in [0.3, 0.4) is 0 Å². The number of fused-ring (bicyclic) bond motifs is 1. The largest absolute Gasteiger partial charge is 0.323 e. The van der Waals surface area contributed by atoms with Gasteiger partial charge in [-0.15, -0.1) is 0 Å². The number of amides is 1. The molecule has 1 aliphatic rings. The van der Waals surface area contributed by atoms with E-state index in [1.165, 1.54) is 18.2 Å². The zero-order chi connectivity index (χ0) is 14.1. The Hall–Kier alpha value is -2.14. The number of para-hydroxylation sites is 1. The summed E-state index contributed by atoms with van der Waals surface area (Å²) in [6.45, 7) is 0. The Balaban J connectivity index is 1.88. The van der Waals surface area contributed by atoms with Crippen LogP contribution in [0.2, 0.25) is 0 Å². The van der Waals surface area contributed by atoms with Crippen molar-refractivity contribution in [3.8, 4) is 0 Å². The Bertz CT molecular complexity index is 702. The molecule has 20 heavy (non-hydrogen) atoms. The zero-order valence-corrected chi connectivity index (χ0v) is 11.1. The summed E-state index contributed by atoms with van der Waals surface area (Å²) < 4.78 is 13.5. The van der Waals surface area contributed by atoms with Crippen molar-refractivity contribution in [2.45, 2.75) is 10.8 Å². The summed E-state index contributed by atoms with van der Waals surface area (Å²) in [7, 11) is 0. The van der Waals surface area contributed by atoms with E-state index in [1.54, 1.807) is 24.3 Å². The third-order valence-electron chi connectivity index (χ3n) is 3.07. The lowest BCUT2D eigenvalue weighted by Crippen LogP contribution is -2.24. The molecule has 0 saturated carbocycles. The van der Waals surface area contributed by atoms with Crippen LogP contribution in [0.1, 0.15) is 11.5 Å². The molecule has 0 spiro atoms. The molecule has 0 bridgehead atoms. The van der Waals surface area contributed by atoms with E-state index in [0.717, 1.165) is 16.7 Å².